The van der Waals surface area contributed by atoms with Gasteiger partial charge in [0.25, 0.3) is 5.91 Å². The molecule has 0 heterocycles. The molecular formula is C12H16ClIN2O. The minimum absolute atomic E-state index is 0.119. The van der Waals surface area contributed by atoms with Gasteiger partial charge in [0.15, 0.2) is 0 Å². The maximum Gasteiger partial charge on any atom is 0.252 e. The van der Waals surface area contributed by atoms with Gasteiger partial charge in [-0.15, -0.1) is 0 Å². The summed E-state index contributed by atoms with van der Waals surface area (Å²) in [7, 11) is 0. The van der Waals surface area contributed by atoms with Crippen molar-refractivity contribution in [1.29, 1.82) is 0 Å². The molecule has 0 fully saturated rings. The molecule has 0 bridgehead atoms. The van der Waals surface area contributed by atoms with Gasteiger partial charge in [0.05, 0.1) is 10.6 Å². The van der Waals surface area contributed by atoms with Crippen LogP contribution in [0.15, 0.2) is 18.2 Å². The predicted octanol–water partition coefficient (Wildman–Crippen LogP) is 2.67. The second-order valence-electron chi connectivity index (χ2n) is 3.63. The van der Waals surface area contributed by atoms with Gasteiger partial charge >= 0.3 is 0 Å². The van der Waals surface area contributed by atoms with Crippen LogP contribution in [0.2, 0.25) is 5.02 Å². The van der Waals surface area contributed by atoms with Crippen LogP contribution >= 0.6 is 34.2 Å². The van der Waals surface area contributed by atoms with Crippen LogP contribution in [0.3, 0.4) is 0 Å². The van der Waals surface area contributed by atoms with Gasteiger partial charge < -0.3 is 10.6 Å². The highest BCUT2D eigenvalue weighted by Gasteiger charge is 2.09. The van der Waals surface area contributed by atoms with Crippen LogP contribution in [0.5, 0.6) is 0 Å². The molecule has 0 spiro atoms. The number of rotatable bonds is 6. The van der Waals surface area contributed by atoms with E-state index < -0.39 is 0 Å². The minimum Gasteiger partial charge on any atom is -0.351 e. The molecule has 0 radical (unpaired) electrons. The molecule has 0 aliphatic rings. The van der Waals surface area contributed by atoms with Crippen molar-refractivity contribution in [2.24, 2.45) is 0 Å². The Morgan fingerprint density at radius 2 is 2.12 bits per heavy atom. The molecule has 5 heteroatoms. The van der Waals surface area contributed by atoms with Crippen LogP contribution in [-0.2, 0) is 0 Å². The molecule has 1 rings (SSSR count). The van der Waals surface area contributed by atoms with E-state index in [1.54, 1.807) is 12.1 Å². The number of carbonyl (C=O) groups excluding carboxylic acids is 1. The molecule has 94 valence electrons. The van der Waals surface area contributed by atoms with Crippen molar-refractivity contribution >= 4 is 40.1 Å². The third-order valence-corrected chi connectivity index (χ3v) is 3.19. The van der Waals surface area contributed by atoms with Crippen molar-refractivity contribution in [3.8, 4) is 0 Å². The molecule has 0 unspecified atom stereocenters. The van der Waals surface area contributed by atoms with Crippen LogP contribution in [0, 0.1) is 3.57 Å². The van der Waals surface area contributed by atoms with Crippen molar-refractivity contribution in [3.63, 3.8) is 0 Å². The molecule has 3 nitrogen and oxygen atoms in total. The number of carbonyl (C=O) groups is 1. The van der Waals surface area contributed by atoms with Gasteiger partial charge in [-0.1, -0.05) is 18.5 Å². The average Bonchev–Trinajstić information content (AvgIpc) is 2.32. The number of hydrogen-bond donors (Lipinski definition) is 2. The molecular weight excluding hydrogens is 351 g/mol. The molecule has 1 aromatic carbocycles. The lowest BCUT2D eigenvalue weighted by Gasteiger charge is -2.07. The third kappa shape index (κ3) is 5.23. The first-order chi connectivity index (χ1) is 8.15. The van der Waals surface area contributed by atoms with Crippen molar-refractivity contribution in [3.05, 3.63) is 32.4 Å². The fraction of sp³-hybridized carbons (Fsp3) is 0.417. The van der Waals surface area contributed by atoms with Gasteiger partial charge in [-0.25, -0.2) is 0 Å². The summed E-state index contributed by atoms with van der Waals surface area (Å²) in [5.41, 5.74) is 0.536. The van der Waals surface area contributed by atoms with Gasteiger partial charge in [0, 0.05) is 16.7 Å². The molecule has 0 saturated heterocycles. The van der Waals surface area contributed by atoms with Crippen molar-refractivity contribution in [2.75, 3.05) is 19.6 Å². The summed E-state index contributed by atoms with van der Waals surface area (Å²) in [4.78, 5) is 11.8. The van der Waals surface area contributed by atoms with Gasteiger partial charge in [-0.2, -0.15) is 0 Å². The standard InChI is InChI=1S/C12H16ClIN2O/c1-2-5-15-6-7-16-12(17)10-8-9(14)3-4-11(10)13/h3-4,8,15H,2,5-7H2,1H3,(H,16,17). The fourth-order valence-electron chi connectivity index (χ4n) is 1.33. The van der Waals surface area contributed by atoms with E-state index in [0.29, 0.717) is 17.1 Å². The molecule has 0 aliphatic heterocycles. The lowest BCUT2D eigenvalue weighted by Crippen LogP contribution is -2.32. The Balaban J connectivity index is 2.44. The highest BCUT2D eigenvalue weighted by atomic mass is 127. The van der Waals surface area contributed by atoms with Crippen LogP contribution in [0.4, 0.5) is 0 Å². The Kier molecular flexibility index (Phi) is 6.84. The molecule has 2 N–H and O–H groups in total. The monoisotopic (exact) mass is 366 g/mol. The maximum absolute atomic E-state index is 11.8. The number of hydrogen-bond acceptors (Lipinski definition) is 2. The van der Waals surface area contributed by atoms with Gasteiger partial charge in [0.2, 0.25) is 0 Å². The summed E-state index contributed by atoms with van der Waals surface area (Å²) in [6.07, 6.45) is 1.09. The van der Waals surface area contributed by atoms with Crippen LogP contribution in [-0.4, -0.2) is 25.5 Å². The first kappa shape index (κ1) is 14.7. The molecule has 17 heavy (non-hydrogen) atoms. The Morgan fingerprint density at radius 3 is 2.82 bits per heavy atom. The summed E-state index contributed by atoms with van der Waals surface area (Å²) >= 11 is 8.13. The first-order valence-electron chi connectivity index (χ1n) is 5.59. The molecule has 1 amide bonds. The second-order valence-corrected chi connectivity index (χ2v) is 5.28. The van der Waals surface area contributed by atoms with E-state index in [-0.39, 0.29) is 5.91 Å². The summed E-state index contributed by atoms with van der Waals surface area (Å²) in [5, 5.41) is 6.55. The first-order valence-corrected chi connectivity index (χ1v) is 7.04. The quantitative estimate of drug-likeness (QED) is 0.600. The Hall–Kier alpha value is -0.330. The van der Waals surface area contributed by atoms with Gasteiger partial charge in [-0.3, -0.25) is 4.79 Å². The zero-order valence-electron chi connectivity index (χ0n) is 9.72. The van der Waals surface area contributed by atoms with Gasteiger partial charge in [0.1, 0.15) is 0 Å². The summed E-state index contributed by atoms with van der Waals surface area (Å²) in [6, 6.07) is 5.41. The summed E-state index contributed by atoms with van der Waals surface area (Å²) < 4.78 is 1.00. The van der Waals surface area contributed by atoms with Gasteiger partial charge in [-0.05, 0) is 53.8 Å². The maximum atomic E-state index is 11.8. The van der Waals surface area contributed by atoms with Crippen LogP contribution in [0.25, 0.3) is 0 Å². The minimum atomic E-state index is -0.119. The van der Waals surface area contributed by atoms with E-state index in [4.69, 9.17) is 11.6 Å². The highest BCUT2D eigenvalue weighted by Crippen LogP contribution is 2.18. The number of halogens is 2. The molecule has 1 aromatic rings. The van der Waals surface area contributed by atoms with Crippen LogP contribution < -0.4 is 10.6 Å². The molecule has 0 aromatic heterocycles. The van der Waals surface area contributed by atoms with E-state index in [1.165, 1.54) is 0 Å². The largest absolute Gasteiger partial charge is 0.351 e. The normalized spacial score (nSPS) is 10.3. The smallest absolute Gasteiger partial charge is 0.252 e. The number of benzene rings is 1. The van der Waals surface area contributed by atoms with E-state index in [9.17, 15) is 4.79 Å². The predicted molar refractivity (Wildman–Crippen MR) is 79.7 cm³/mol. The van der Waals surface area contributed by atoms with E-state index in [2.05, 4.69) is 40.1 Å². The third-order valence-electron chi connectivity index (χ3n) is 2.19. The zero-order chi connectivity index (χ0) is 12.7. The average molecular weight is 367 g/mol. The Morgan fingerprint density at radius 1 is 1.35 bits per heavy atom. The lowest BCUT2D eigenvalue weighted by atomic mass is 10.2. The summed E-state index contributed by atoms with van der Waals surface area (Å²) in [5.74, 6) is -0.119. The molecule has 0 aliphatic carbocycles. The Bertz CT molecular complexity index is 385. The number of nitrogens with one attached hydrogen (secondary N) is 2. The SMILES string of the molecule is CCCNCCNC(=O)c1cc(I)ccc1Cl. The highest BCUT2D eigenvalue weighted by molar-refractivity contribution is 14.1. The van der Waals surface area contributed by atoms with E-state index in [1.807, 2.05) is 6.07 Å². The van der Waals surface area contributed by atoms with Crippen LogP contribution in [0.1, 0.15) is 23.7 Å². The van der Waals surface area contributed by atoms with Crippen molar-refractivity contribution in [2.45, 2.75) is 13.3 Å². The molecule has 0 atom stereocenters. The number of amides is 1. The summed E-state index contributed by atoms with van der Waals surface area (Å²) in [6.45, 7) is 4.47. The van der Waals surface area contributed by atoms with E-state index >= 15 is 0 Å². The Labute approximate surface area is 120 Å². The molecule has 0 saturated carbocycles. The zero-order valence-corrected chi connectivity index (χ0v) is 12.6. The lowest BCUT2D eigenvalue weighted by molar-refractivity contribution is 0.0954. The second kappa shape index (κ2) is 7.89. The fourth-order valence-corrected chi connectivity index (χ4v) is 2.03. The van der Waals surface area contributed by atoms with Crippen molar-refractivity contribution < 1.29 is 4.79 Å². The topological polar surface area (TPSA) is 41.1 Å². The van der Waals surface area contributed by atoms with Crippen molar-refractivity contribution in [1.82, 2.24) is 10.6 Å². The van der Waals surface area contributed by atoms with E-state index in [0.717, 1.165) is 23.1 Å².